The maximum absolute atomic E-state index is 6.38. The second-order valence-electron chi connectivity index (χ2n) is 4.90. The molecule has 1 aromatic rings. The molecule has 0 saturated heterocycles. The minimum Gasteiger partial charge on any atom is -0.493 e. The Labute approximate surface area is 121 Å². The molecule has 1 N–H and O–H groups in total. The van der Waals surface area contributed by atoms with Gasteiger partial charge in [-0.1, -0.05) is 32.4 Å². The fourth-order valence-corrected chi connectivity index (χ4v) is 2.38. The van der Waals surface area contributed by atoms with Crippen LogP contribution in [0.15, 0.2) is 12.1 Å². The molecule has 1 unspecified atom stereocenters. The zero-order valence-electron chi connectivity index (χ0n) is 12.4. The fraction of sp³-hybridized carbons (Fsp3) is 0.600. The van der Waals surface area contributed by atoms with E-state index in [-0.39, 0.29) is 6.04 Å². The molecule has 0 amide bonds. The largest absolute Gasteiger partial charge is 0.493 e. The van der Waals surface area contributed by atoms with Crippen molar-refractivity contribution in [1.29, 1.82) is 0 Å². The predicted octanol–water partition coefficient (Wildman–Crippen LogP) is 4.05. The van der Waals surface area contributed by atoms with E-state index in [1.165, 1.54) is 0 Å². The van der Waals surface area contributed by atoms with Crippen LogP contribution in [0.2, 0.25) is 5.02 Å². The second-order valence-corrected chi connectivity index (χ2v) is 5.31. The standard InChI is InChI=1S/C15H24ClNO2/c1-6-7-17-15(10(2)3)11-8-13(18-4)14(19-5)9-12(11)16/h8-10,15,17H,6-7H2,1-5H3. The maximum atomic E-state index is 6.38. The van der Waals surface area contributed by atoms with Crippen molar-refractivity contribution in [3.63, 3.8) is 0 Å². The quantitative estimate of drug-likeness (QED) is 0.820. The zero-order valence-corrected chi connectivity index (χ0v) is 13.2. The second kappa shape index (κ2) is 7.61. The van der Waals surface area contributed by atoms with E-state index in [2.05, 4.69) is 26.1 Å². The fourth-order valence-electron chi connectivity index (χ4n) is 2.11. The van der Waals surface area contributed by atoms with Gasteiger partial charge in [-0.15, -0.1) is 0 Å². The highest BCUT2D eigenvalue weighted by Crippen LogP contribution is 2.37. The Kier molecular flexibility index (Phi) is 6.46. The van der Waals surface area contributed by atoms with Crippen LogP contribution in [0.3, 0.4) is 0 Å². The Morgan fingerprint density at radius 3 is 2.21 bits per heavy atom. The van der Waals surface area contributed by atoms with E-state index in [9.17, 15) is 0 Å². The van der Waals surface area contributed by atoms with Crippen LogP contribution in [-0.4, -0.2) is 20.8 Å². The Morgan fingerprint density at radius 2 is 1.74 bits per heavy atom. The third kappa shape index (κ3) is 4.02. The number of hydrogen-bond donors (Lipinski definition) is 1. The smallest absolute Gasteiger partial charge is 0.162 e. The van der Waals surface area contributed by atoms with Crippen molar-refractivity contribution in [2.45, 2.75) is 33.2 Å². The van der Waals surface area contributed by atoms with E-state index in [1.807, 2.05) is 12.1 Å². The van der Waals surface area contributed by atoms with Crippen LogP contribution < -0.4 is 14.8 Å². The Hall–Kier alpha value is -0.930. The number of ether oxygens (including phenoxy) is 2. The molecule has 0 fully saturated rings. The lowest BCUT2D eigenvalue weighted by Crippen LogP contribution is -2.26. The molecule has 0 radical (unpaired) electrons. The van der Waals surface area contributed by atoms with Crippen molar-refractivity contribution in [2.24, 2.45) is 5.92 Å². The molecule has 0 aliphatic rings. The van der Waals surface area contributed by atoms with E-state index in [4.69, 9.17) is 21.1 Å². The minimum absolute atomic E-state index is 0.215. The number of methoxy groups -OCH3 is 2. The lowest BCUT2D eigenvalue weighted by molar-refractivity contribution is 0.351. The molecule has 19 heavy (non-hydrogen) atoms. The summed E-state index contributed by atoms with van der Waals surface area (Å²) in [6.45, 7) is 7.48. The van der Waals surface area contributed by atoms with Gasteiger partial charge in [-0.2, -0.15) is 0 Å². The van der Waals surface area contributed by atoms with Gasteiger partial charge in [0, 0.05) is 17.1 Å². The van der Waals surface area contributed by atoms with Crippen molar-refractivity contribution < 1.29 is 9.47 Å². The van der Waals surface area contributed by atoms with E-state index in [1.54, 1.807) is 14.2 Å². The lowest BCUT2D eigenvalue weighted by Gasteiger charge is -2.25. The summed E-state index contributed by atoms with van der Waals surface area (Å²) in [6, 6.07) is 4.00. The summed E-state index contributed by atoms with van der Waals surface area (Å²) in [5.41, 5.74) is 1.06. The van der Waals surface area contributed by atoms with Crippen LogP contribution >= 0.6 is 11.6 Å². The van der Waals surface area contributed by atoms with Crippen LogP contribution in [0.5, 0.6) is 11.5 Å². The number of benzene rings is 1. The maximum Gasteiger partial charge on any atom is 0.162 e. The molecule has 0 spiro atoms. The monoisotopic (exact) mass is 285 g/mol. The highest BCUT2D eigenvalue weighted by molar-refractivity contribution is 6.31. The molecule has 1 rings (SSSR count). The van der Waals surface area contributed by atoms with Gasteiger partial charge in [-0.05, 0) is 30.5 Å². The van der Waals surface area contributed by atoms with Gasteiger partial charge < -0.3 is 14.8 Å². The minimum atomic E-state index is 0.215. The number of rotatable bonds is 7. The van der Waals surface area contributed by atoms with Gasteiger partial charge in [0.25, 0.3) is 0 Å². The first-order valence-corrected chi connectivity index (χ1v) is 7.07. The molecule has 0 saturated carbocycles. The summed E-state index contributed by atoms with van der Waals surface area (Å²) in [5.74, 6) is 1.82. The van der Waals surface area contributed by atoms with Crippen LogP contribution in [0, 0.1) is 5.92 Å². The lowest BCUT2D eigenvalue weighted by atomic mass is 9.95. The molecular weight excluding hydrogens is 262 g/mol. The molecule has 108 valence electrons. The van der Waals surface area contributed by atoms with Gasteiger partial charge in [-0.25, -0.2) is 0 Å². The van der Waals surface area contributed by atoms with E-state index < -0.39 is 0 Å². The summed E-state index contributed by atoms with van der Waals surface area (Å²) < 4.78 is 10.6. The topological polar surface area (TPSA) is 30.5 Å². The van der Waals surface area contributed by atoms with Crippen LogP contribution in [-0.2, 0) is 0 Å². The average molecular weight is 286 g/mol. The van der Waals surface area contributed by atoms with Crippen molar-refractivity contribution in [3.05, 3.63) is 22.7 Å². The van der Waals surface area contributed by atoms with Gasteiger partial charge in [0.05, 0.1) is 14.2 Å². The van der Waals surface area contributed by atoms with Gasteiger partial charge in [0.2, 0.25) is 0 Å². The molecular formula is C15H24ClNO2. The van der Waals surface area contributed by atoms with Gasteiger partial charge in [0.1, 0.15) is 0 Å². The predicted molar refractivity (Wildman–Crippen MR) is 80.4 cm³/mol. The molecule has 0 aromatic heterocycles. The molecule has 3 nitrogen and oxygen atoms in total. The number of nitrogens with one attached hydrogen (secondary N) is 1. The molecule has 0 aliphatic carbocycles. The first kappa shape index (κ1) is 16.1. The SMILES string of the molecule is CCCNC(c1cc(OC)c(OC)cc1Cl)C(C)C. The van der Waals surface area contributed by atoms with E-state index >= 15 is 0 Å². The summed E-state index contributed by atoms with van der Waals surface area (Å²) in [4.78, 5) is 0. The first-order valence-electron chi connectivity index (χ1n) is 6.69. The average Bonchev–Trinajstić information content (AvgIpc) is 2.39. The Balaban J connectivity index is 3.15. The summed E-state index contributed by atoms with van der Waals surface area (Å²) in [7, 11) is 3.25. The number of hydrogen-bond acceptors (Lipinski definition) is 3. The van der Waals surface area contributed by atoms with E-state index in [0.717, 1.165) is 18.5 Å². The summed E-state index contributed by atoms with van der Waals surface area (Å²) in [5, 5.41) is 4.24. The Bertz CT molecular complexity index is 407. The zero-order chi connectivity index (χ0) is 14.4. The van der Waals surface area contributed by atoms with E-state index in [0.29, 0.717) is 22.4 Å². The van der Waals surface area contributed by atoms with Crippen LogP contribution in [0.4, 0.5) is 0 Å². The third-order valence-electron chi connectivity index (χ3n) is 3.12. The van der Waals surface area contributed by atoms with Crippen molar-refractivity contribution >= 4 is 11.6 Å². The summed E-state index contributed by atoms with van der Waals surface area (Å²) in [6.07, 6.45) is 1.09. The molecule has 4 heteroatoms. The van der Waals surface area contributed by atoms with Crippen molar-refractivity contribution in [1.82, 2.24) is 5.32 Å². The molecule has 0 heterocycles. The molecule has 0 aliphatic heterocycles. The molecule has 0 bridgehead atoms. The van der Waals surface area contributed by atoms with Crippen LogP contribution in [0.25, 0.3) is 0 Å². The van der Waals surface area contributed by atoms with Crippen molar-refractivity contribution in [3.8, 4) is 11.5 Å². The Morgan fingerprint density at radius 1 is 1.16 bits per heavy atom. The summed E-state index contributed by atoms with van der Waals surface area (Å²) >= 11 is 6.38. The van der Waals surface area contributed by atoms with Gasteiger partial charge >= 0.3 is 0 Å². The van der Waals surface area contributed by atoms with Crippen molar-refractivity contribution in [2.75, 3.05) is 20.8 Å². The third-order valence-corrected chi connectivity index (χ3v) is 3.45. The highest BCUT2D eigenvalue weighted by Gasteiger charge is 2.20. The highest BCUT2D eigenvalue weighted by atomic mass is 35.5. The normalized spacial score (nSPS) is 12.6. The number of halogens is 1. The molecule has 1 atom stereocenters. The van der Waals surface area contributed by atoms with Gasteiger partial charge in [0.15, 0.2) is 11.5 Å². The van der Waals surface area contributed by atoms with Gasteiger partial charge in [-0.3, -0.25) is 0 Å². The first-order chi connectivity index (χ1) is 9.04. The van der Waals surface area contributed by atoms with Crippen LogP contribution in [0.1, 0.15) is 38.8 Å². The molecule has 1 aromatic carbocycles.